The summed E-state index contributed by atoms with van der Waals surface area (Å²) < 4.78 is 5.25. The van der Waals surface area contributed by atoms with Gasteiger partial charge in [0.05, 0.1) is 16.3 Å². The average Bonchev–Trinajstić information content (AvgIpc) is 2.59. The van der Waals surface area contributed by atoms with Gasteiger partial charge in [0, 0.05) is 28.0 Å². The van der Waals surface area contributed by atoms with Crippen molar-refractivity contribution in [2.45, 2.75) is 38.6 Å². The average molecular weight is 366 g/mol. The first-order chi connectivity index (χ1) is 12.2. The highest BCUT2D eigenvalue weighted by atomic mass is 35.5. The number of hydrogen-bond donors (Lipinski definition) is 0. The summed E-state index contributed by atoms with van der Waals surface area (Å²) in [6.45, 7) is 8.75. The normalized spacial score (nSPS) is 17.7. The van der Waals surface area contributed by atoms with Gasteiger partial charge in [0.2, 0.25) is 0 Å². The summed E-state index contributed by atoms with van der Waals surface area (Å²) in [4.78, 5) is 16.6. The van der Waals surface area contributed by atoms with Gasteiger partial charge in [0.1, 0.15) is 5.58 Å². The third-order valence-corrected chi connectivity index (χ3v) is 6.18. The van der Waals surface area contributed by atoms with Crippen molar-refractivity contribution < 1.29 is 4.42 Å². The van der Waals surface area contributed by atoms with Crippen LogP contribution < -0.4 is 5.63 Å². The Kier molecular flexibility index (Phi) is 3.64. The van der Waals surface area contributed by atoms with Crippen molar-refractivity contribution in [1.82, 2.24) is 0 Å². The van der Waals surface area contributed by atoms with E-state index in [9.17, 15) is 4.79 Å². The molecule has 2 heterocycles. The number of benzene rings is 2. The van der Waals surface area contributed by atoms with Crippen LogP contribution in [0.2, 0.25) is 5.02 Å². The third kappa shape index (κ3) is 2.34. The molecule has 3 aromatic rings. The molecule has 2 aromatic carbocycles. The van der Waals surface area contributed by atoms with Crippen LogP contribution in [-0.2, 0) is 5.41 Å². The Morgan fingerprint density at radius 2 is 1.65 bits per heavy atom. The molecule has 0 saturated heterocycles. The van der Waals surface area contributed by atoms with Crippen molar-refractivity contribution in [1.29, 1.82) is 0 Å². The monoisotopic (exact) mass is 365 g/mol. The first kappa shape index (κ1) is 17.0. The summed E-state index contributed by atoms with van der Waals surface area (Å²) in [5.41, 5.74) is 3.77. The first-order valence-corrected chi connectivity index (χ1v) is 9.03. The van der Waals surface area contributed by atoms with Crippen LogP contribution in [0.4, 0.5) is 0 Å². The zero-order valence-corrected chi connectivity index (χ0v) is 16.0. The smallest absolute Gasteiger partial charge is 0.336 e. The summed E-state index contributed by atoms with van der Waals surface area (Å²) in [5, 5.41) is 1.27. The maximum Gasteiger partial charge on any atom is 0.336 e. The fourth-order valence-electron chi connectivity index (χ4n) is 3.55. The molecule has 0 saturated carbocycles. The van der Waals surface area contributed by atoms with Gasteiger partial charge < -0.3 is 4.42 Å². The highest BCUT2D eigenvalue weighted by molar-refractivity contribution is 6.40. The van der Waals surface area contributed by atoms with Crippen molar-refractivity contribution in [3.63, 3.8) is 0 Å². The van der Waals surface area contributed by atoms with Gasteiger partial charge in [-0.2, -0.15) is 0 Å². The maximum absolute atomic E-state index is 11.5. The SMILES string of the molecule is CC1(C)N=C(c2ccc3oc(=O)ccc3c2Cl)c2ccccc2C1(C)C. The molecule has 3 nitrogen and oxygen atoms in total. The third-order valence-electron chi connectivity index (χ3n) is 5.77. The highest BCUT2D eigenvalue weighted by Gasteiger charge is 2.43. The van der Waals surface area contributed by atoms with Gasteiger partial charge in [-0.05, 0) is 37.6 Å². The Balaban J connectivity index is 2.03. The van der Waals surface area contributed by atoms with E-state index in [0.29, 0.717) is 16.0 Å². The molecule has 0 fully saturated rings. The number of fused-ring (bicyclic) bond motifs is 2. The van der Waals surface area contributed by atoms with Gasteiger partial charge >= 0.3 is 5.63 Å². The van der Waals surface area contributed by atoms with Gasteiger partial charge in [0.25, 0.3) is 0 Å². The molecule has 0 unspecified atom stereocenters. The minimum absolute atomic E-state index is 0.108. The largest absolute Gasteiger partial charge is 0.423 e. The fraction of sp³-hybridized carbons (Fsp3) is 0.273. The van der Waals surface area contributed by atoms with Crippen molar-refractivity contribution in [2.24, 2.45) is 4.99 Å². The zero-order valence-electron chi connectivity index (χ0n) is 15.3. The van der Waals surface area contributed by atoms with E-state index in [1.165, 1.54) is 11.6 Å². The standard InChI is InChI=1S/C22H20ClNO2/c1-21(2)16-8-6-5-7-13(16)20(24-22(21,3)4)15-9-11-17-14(19(15)23)10-12-18(25)26-17/h5-12H,1-4H3. The minimum atomic E-state index is -0.385. The van der Waals surface area contributed by atoms with Crippen LogP contribution in [0.25, 0.3) is 11.0 Å². The molecule has 132 valence electrons. The quantitative estimate of drug-likeness (QED) is 0.545. The van der Waals surface area contributed by atoms with Crippen molar-refractivity contribution in [2.75, 3.05) is 0 Å². The van der Waals surface area contributed by atoms with Crippen LogP contribution in [0.5, 0.6) is 0 Å². The van der Waals surface area contributed by atoms with E-state index >= 15 is 0 Å². The highest BCUT2D eigenvalue weighted by Crippen LogP contribution is 2.44. The summed E-state index contributed by atoms with van der Waals surface area (Å²) >= 11 is 6.72. The molecule has 1 aliphatic heterocycles. The molecule has 0 radical (unpaired) electrons. The molecule has 0 amide bonds. The second kappa shape index (κ2) is 5.55. The van der Waals surface area contributed by atoms with E-state index in [-0.39, 0.29) is 16.6 Å². The van der Waals surface area contributed by atoms with Crippen LogP contribution in [0.1, 0.15) is 44.4 Å². The maximum atomic E-state index is 11.5. The number of halogens is 1. The van der Waals surface area contributed by atoms with E-state index in [2.05, 4.69) is 45.9 Å². The van der Waals surface area contributed by atoms with E-state index in [4.69, 9.17) is 21.0 Å². The summed E-state index contributed by atoms with van der Waals surface area (Å²) in [6.07, 6.45) is 0. The van der Waals surface area contributed by atoms with Gasteiger partial charge in [-0.1, -0.05) is 49.7 Å². The number of aliphatic imine (C=N–C) groups is 1. The molecular formula is C22H20ClNO2. The molecule has 4 rings (SSSR count). The van der Waals surface area contributed by atoms with Gasteiger partial charge in [-0.15, -0.1) is 0 Å². The number of hydrogen-bond acceptors (Lipinski definition) is 3. The second-order valence-electron chi connectivity index (χ2n) is 7.78. The topological polar surface area (TPSA) is 42.6 Å². The zero-order chi connectivity index (χ0) is 18.7. The molecule has 0 N–H and O–H groups in total. The van der Waals surface area contributed by atoms with Crippen LogP contribution in [0, 0.1) is 0 Å². The summed E-state index contributed by atoms with van der Waals surface area (Å²) in [6, 6.07) is 15.1. The predicted octanol–water partition coefficient (Wildman–Crippen LogP) is 5.35. The molecule has 0 spiro atoms. The van der Waals surface area contributed by atoms with Crippen LogP contribution in [0.3, 0.4) is 0 Å². The lowest BCUT2D eigenvalue weighted by Gasteiger charge is -2.44. The molecule has 1 aromatic heterocycles. The van der Waals surface area contributed by atoms with Gasteiger partial charge in [-0.3, -0.25) is 4.99 Å². The lowest BCUT2D eigenvalue weighted by molar-refractivity contribution is 0.303. The predicted molar refractivity (Wildman–Crippen MR) is 107 cm³/mol. The Hall–Kier alpha value is -2.39. The molecule has 0 atom stereocenters. The van der Waals surface area contributed by atoms with E-state index < -0.39 is 0 Å². The molecule has 1 aliphatic rings. The lowest BCUT2D eigenvalue weighted by atomic mass is 9.66. The van der Waals surface area contributed by atoms with E-state index in [1.807, 2.05) is 12.1 Å². The Morgan fingerprint density at radius 1 is 0.923 bits per heavy atom. The van der Waals surface area contributed by atoms with Crippen LogP contribution >= 0.6 is 11.6 Å². The molecule has 26 heavy (non-hydrogen) atoms. The Labute approximate surface area is 157 Å². The van der Waals surface area contributed by atoms with Crippen LogP contribution in [0.15, 0.2) is 62.7 Å². The minimum Gasteiger partial charge on any atom is -0.423 e. The summed E-state index contributed by atoms with van der Waals surface area (Å²) in [7, 11) is 0. The molecule has 0 aliphatic carbocycles. The van der Waals surface area contributed by atoms with Crippen molar-refractivity contribution >= 4 is 28.3 Å². The Bertz CT molecular complexity index is 1120. The van der Waals surface area contributed by atoms with Gasteiger partial charge in [0.15, 0.2) is 0 Å². The van der Waals surface area contributed by atoms with Gasteiger partial charge in [-0.25, -0.2) is 4.79 Å². The summed E-state index contributed by atoms with van der Waals surface area (Å²) in [5.74, 6) is 0. The van der Waals surface area contributed by atoms with Crippen LogP contribution in [-0.4, -0.2) is 11.3 Å². The second-order valence-corrected chi connectivity index (χ2v) is 8.16. The number of nitrogens with zero attached hydrogens (tertiary/aromatic N) is 1. The Morgan fingerprint density at radius 3 is 2.42 bits per heavy atom. The fourth-order valence-corrected chi connectivity index (χ4v) is 3.85. The number of rotatable bonds is 1. The van der Waals surface area contributed by atoms with Crippen molar-refractivity contribution in [3.05, 3.63) is 80.7 Å². The molecular weight excluding hydrogens is 346 g/mol. The first-order valence-electron chi connectivity index (χ1n) is 8.65. The van der Waals surface area contributed by atoms with E-state index in [1.54, 1.807) is 12.1 Å². The lowest BCUT2D eigenvalue weighted by Crippen LogP contribution is -2.46. The van der Waals surface area contributed by atoms with E-state index in [0.717, 1.165) is 16.8 Å². The molecule has 0 bridgehead atoms. The van der Waals surface area contributed by atoms with Crippen molar-refractivity contribution in [3.8, 4) is 0 Å². The molecule has 4 heteroatoms.